The number of nitrogens with one attached hydrogen (secondary N) is 1. The van der Waals surface area contributed by atoms with E-state index in [0.29, 0.717) is 36.4 Å². The smallest absolute Gasteiger partial charge is 0.410 e. The lowest BCUT2D eigenvalue weighted by molar-refractivity contribution is -0.124. The number of ketones is 1. The number of ether oxygens (including phenoxy) is 1. The number of Topliss-reactive ketones (excluding diaryl/α,β-unsaturated/α-hetero) is 1. The molecule has 0 unspecified atom stereocenters. The maximum Gasteiger partial charge on any atom is 0.410 e. The summed E-state index contributed by atoms with van der Waals surface area (Å²) in [5, 5.41) is 4.51. The van der Waals surface area contributed by atoms with E-state index < -0.39 is 17.6 Å². The molecule has 1 N–H and O–H groups in total. The highest BCUT2D eigenvalue weighted by Gasteiger charge is 2.31. The minimum atomic E-state index is -0.612. The number of thiazole rings is 1. The van der Waals surface area contributed by atoms with Gasteiger partial charge in [0.1, 0.15) is 11.3 Å². The largest absolute Gasteiger partial charge is 0.444 e. The highest BCUT2D eigenvalue weighted by Crippen LogP contribution is 2.26. The lowest BCUT2D eigenvalue weighted by Gasteiger charge is -2.26. The Hall–Kier alpha value is -2.27. The molecule has 2 amide bonds. The van der Waals surface area contributed by atoms with Gasteiger partial charge in [-0.15, -0.1) is 11.3 Å². The van der Waals surface area contributed by atoms with Crippen LogP contribution in [0.25, 0.3) is 0 Å². The first-order valence-corrected chi connectivity index (χ1v) is 12.2. The second-order valence-corrected chi connectivity index (χ2v) is 10.1. The highest BCUT2D eigenvalue weighted by atomic mass is 79.9. The van der Waals surface area contributed by atoms with Crippen molar-refractivity contribution in [3.63, 3.8) is 0 Å². The van der Waals surface area contributed by atoms with Crippen LogP contribution in [0.2, 0.25) is 0 Å². The van der Waals surface area contributed by atoms with E-state index in [0.717, 1.165) is 5.69 Å². The van der Waals surface area contributed by atoms with Gasteiger partial charge in [-0.25, -0.2) is 14.8 Å². The van der Waals surface area contributed by atoms with Crippen LogP contribution in [0.1, 0.15) is 55.5 Å². The zero-order chi connectivity index (χ0) is 23.5. The summed E-state index contributed by atoms with van der Waals surface area (Å²) in [6.07, 6.45) is 0.656. The molecule has 0 aromatic carbocycles. The van der Waals surface area contributed by atoms with Crippen LogP contribution < -0.4 is 5.32 Å². The van der Waals surface area contributed by atoms with E-state index in [4.69, 9.17) is 4.74 Å². The maximum absolute atomic E-state index is 13.3. The molecule has 2 aromatic rings. The average Bonchev–Trinajstić information content (AvgIpc) is 3.26. The molecule has 174 valence electrons. The molecule has 3 heterocycles. The Bertz CT molecular complexity index is 983. The molecule has 0 saturated carbocycles. The molecule has 0 saturated heterocycles. The molecule has 11 heteroatoms. The minimum Gasteiger partial charge on any atom is -0.444 e. The Morgan fingerprint density at radius 1 is 1.31 bits per heavy atom. The summed E-state index contributed by atoms with van der Waals surface area (Å²) in [6.45, 7) is 6.80. The normalized spacial score (nSPS) is 15.0. The number of rotatable bonds is 6. The van der Waals surface area contributed by atoms with Crippen molar-refractivity contribution >= 4 is 45.1 Å². The lowest BCUT2D eigenvalue weighted by Crippen LogP contribution is -2.37. The summed E-state index contributed by atoms with van der Waals surface area (Å²) in [5.41, 5.74) is 2.79. The van der Waals surface area contributed by atoms with Gasteiger partial charge in [0.2, 0.25) is 5.91 Å². The zero-order valence-corrected chi connectivity index (χ0v) is 21.1. The molecule has 1 atom stereocenters. The number of carbonyl (C=O) groups is 3. The summed E-state index contributed by atoms with van der Waals surface area (Å²) in [7, 11) is 1.55. The zero-order valence-electron chi connectivity index (χ0n) is 18.7. The van der Waals surface area contributed by atoms with Gasteiger partial charge in [-0.3, -0.25) is 9.59 Å². The van der Waals surface area contributed by atoms with Crippen molar-refractivity contribution in [3.8, 4) is 0 Å². The fourth-order valence-electron chi connectivity index (χ4n) is 3.60. The van der Waals surface area contributed by atoms with Gasteiger partial charge in [0, 0.05) is 38.4 Å². The molecule has 0 aliphatic carbocycles. The van der Waals surface area contributed by atoms with Gasteiger partial charge in [-0.2, -0.15) is 0 Å². The van der Waals surface area contributed by atoms with Crippen LogP contribution in [0, 0.1) is 5.92 Å². The Kier molecular flexibility index (Phi) is 7.71. The Labute approximate surface area is 199 Å². The number of nitrogens with zero attached hydrogens (tertiary/aromatic N) is 4. The molecular formula is C21H28BrN5O4S. The fourth-order valence-corrected chi connectivity index (χ4v) is 4.74. The third kappa shape index (κ3) is 5.94. The number of aromatic nitrogens is 3. The first kappa shape index (κ1) is 24.4. The standard InChI is InChI=1S/C21H28BrN5O4S/c1-21(2,3)31-20(30)26-6-5-7-27-15(10-26)17(25-19(27)22)16(28)9-13(18(29)23-4)8-14-11-32-12-24-14/h11-13H,5-10H2,1-4H3,(H,23,29)/t13-/m1/s1. The van der Waals surface area contributed by atoms with Crippen molar-refractivity contribution in [2.24, 2.45) is 5.92 Å². The highest BCUT2D eigenvalue weighted by molar-refractivity contribution is 9.10. The van der Waals surface area contributed by atoms with Crippen molar-refractivity contribution in [1.29, 1.82) is 0 Å². The van der Waals surface area contributed by atoms with Crippen molar-refractivity contribution in [3.05, 3.63) is 32.7 Å². The van der Waals surface area contributed by atoms with E-state index in [1.807, 2.05) is 30.7 Å². The molecule has 1 aliphatic heterocycles. The summed E-state index contributed by atoms with van der Waals surface area (Å²) in [6, 6.07) is 0. The van der Waals surface area contributed by atoms with Crippen LogP contribution in [0.15, 0.2) is 15.6 Å². The Morgan fingerprint density at radius 3 is 2.69 bits per heavy atom. The van der Waals surface area contributed by atoms with E-state index in [-0.39, 0.29) is 30.3 Å². The molecule has 3 rings (SSSR count). The predicted molar refractivity (Wildman–Crippen MR) is 124 cm³/mol. The third-order valence-electron chi connectivity index (χ3n) is 5.08. The number of hydrogen-bond donors (Lipinski definition) is 1. The summed E-state index contributed by atoms with van der Waals surface area (Å²) >= 11 is 4.89. The second kappa shape index (κ2) is 10.1. The Balaban J connectivity index is 1.83. The van der Waals surface area contributed by atoms with Gasteiger partial charge in [-0.1, -0.05) is 0 Å². The van der Waals surface area contributed by atoms with Crippen molar-refractivity contribution < 1.29 is 19.1 Å². The van der Waals surface area contributed by atoms with Crippen LogP contribution in [0.3, 0.4) is 0 Å². The Morgan fingerprint density at radius 2 is 2.06 bits per heavy atom. The maximum atomic E-state index is 13.3. The number of carbonyl (C=O) groups excluding carboxylic acids is 3. The second-order valence-electron chi connectivity index (χ2n) is 8.71. The quantitative estimate of drug-likeness (QED) is 0.579. The minimum absolute atomic E-state index is 0.0000902. The van der Waals surface area contributed by atoms with Gasteiger partial charge in [0.05, 0.1) is 29.4 Å². The molecule has 0 spiro atoms. The van der Waals surface area contributed by atoms with Crippen LogP contribution in [0.4, 0.5) is 4.79 Å². The van der Waals surface area contributed by atoms with Gasteiger partial charge >= 0.3 is 6.09 Å². The molecule has 0 fully saturated rings. The van der Waals surface area contributed by atoms with Crippen LogP contribution >= 0.6 is 27.3 Å². The van der Waals surface area contributed by atoms with Crippen LogP contribution in [-0.2, 0) is 29.0 Å². The molecule has 0 bridgehead atoms. The lowest BCUT2D eigenvalue weighted by atomic mass is 9.94. The molecule has 32 heavy (non-hydrogen) atoms. The topological polar surface area (TPSA) is 106 Å². The molecule has 9 nitrogen and oxygen atoms in total. The average molecular weight is 526 g/mol. The number of hydrogen-bond acceptors (Lipinski definition) is 7. The third-order valence-corrected chi connectivity index (χ3v) is 6.32. The number of imidazole rings is 1. The van der Waals surface area contributed by atoms with Crippen molar-refractivity contribution in [2.45, 2.75) is 58.7 Å². The SMILES string of the molecule is CNC(=O)[C@@H](CC(=O)c1nc(Br)n2c1CN(C(=O)OC(C)(C)C)CCC2)Cc1cscn1. The van der Waals surface area contributed by atoms with Gasteiger partial charge in [-0.05, 0) is 43.1 Å². The number of fused-ring (bicyclic) bond motifs is 1. The van der Waals surface area contributed by atoms with E-state index >= 15 is 0 Å². The van der Waals surface area contributed by atoms with Crippen molar-refractivity contribution in [2.75, 3.05) is 13.6 Å². The predicted octanol–water partition coefficient (Wildman–Crippen LogP) is 3.42. The number of halogens is 1. The van der Waals surface area contributed by atoms with E-state index in [2.05, 4.69) is 31.2 Å². The van der Waals surface area contributed by atoms with Gasteiger partial charge in [0.25, 0.3) is 0 Å². The molecule has 2 aromatic heterocycles. The van der Waals surface area contributed by atoms with Gasteiger partial charge < -0.3 is 19.5 Å². The van der Waals surface area contributed by atoms with E-state index in [9.17, 15) is 14.4 Å². The van der Waals surface area contributed by atoms with Crippen LogP contribution in [-0.4, -0.2) is 56.4 Å². The van der Waals surface area contributed by atoms with E-state index in [1.54, 1.807) is 17.5 Å². The first-order valence-electron chi connectivity index (χ1n) is 10.4. The summed E-state index contributed by atoms with van der Waals surface area (Å²) < 4.78 is 7.98. The molecule has 1 aliphatic rings. The first-order chi connectivity index (χ1) is 15.1. The summed E-state index contributed by atoms with van der Waals surface area (Å²) in [5.74, 6) is -1.01. The fraction of sp³-hybridized carbons (Fsp3) is 0.571. The van der Waals surface area contributed by atoms with Gasteiger partial charge in [0.15, 0.2) is 10.5 Å². The van der Waals surface area contributed by atoms with E-state index in [1.165, 1.54) is 11.3 Å². The molecular weight excluding hydrogens is 498 g/mol. The van der Waals surface area contributed by atoms with Crippen LogP contribution in [0.5, 0.6) is 0 Å². The van der Waals surface area contributed by atoms with Crippen molar-refractivity contribution in [1.82, 2.24) is 24.8 Å². The summed E-state index contributed by atoms with van der Waals surface area (Å²) in [4.78, 5) is 48.7. The monoisotopic (exact) mass is 525 g/mol. The molecule has 0 radical (unpaired) electrons. The number of amides is 2.